The van der Waals surface area contributed by atoms with E-state index in [0.717, 1.165) is 37.6 Å². The van der Waals surface area contributed by atoms with E-state index in [9.17, 15) is 14.4 Å². The Morgan fingerprint density at radius 2 is 1.74 bits per heavy atom. The normalized spacial score (nSPS) is 14.2. The lowest BCUT2D eigenvalue weighted by atomic mass is 10.2. The molecule has 0 atom stereocenters. The molecule has 4 rings (SSSR count). The van der Waals surface area contributed by atoms with Crippen molar-refractivity contribution >= 4 is 28.3 Å². The lowest BCUT2D eigenvalue weighted by Gasteiger charge is -2.36. The number of rotatable bonds is 7. The third-order valence-corrected chi connectivity index (χ3v) is 6.00. The van der Waals surface area contributed by atoms with Crippen LogP contribution in [0.1, 0.15) is 0 Å². The fraction of sp³-hybridized carbons (Fsp3) is 0.348. The second-order valence-electron chi connectivity index (χ2n) is 7.97. The van der Waals surface area contributed by atoms with E-state index in [-0.39, 0.29) is 23.4 Å². The van der Waals surface area contributed by atoms with Crippen LogP contribution >= 0.6 is 0 Å². The largest absolute Gasteiger partial charge is 0.495 e. The summed E-state index contributed by atoms with van der Waals surface area (Å²) in [6.07, 6.45) is 0. The summed E-state index contributed by atoms with van der Waals surface area (Å²) in [7, 11) is 3.08. The first-order valence-electron chi connectivity index (χ1n) is 10.9. The predicted octanol–water partition coefficient (Wildman–Crippen LogP) is 1.02. The molecule has 34 heavy (non-hydrogen) atoms. The molecule has 2 heterocycles. The summed E-state index contributed by atoms with van der Waals surface area (Å²) in [5.41, 5.74) is 5.91. The molecule has 11 nitrogen and oxygen atoms in total. The third-order valence-electron chi connectivity index (χ3n) is 6.00. The van der Waals surface area contributed by atoms with Crippen molar-refractivity contribution in [3.63, 3.8) is 0 Å². The predicted molar refractivity (Wildman–Crippen MR) is 130 cm³/mol. The Morgan fingerprint density at radius 1 is 1.03 bits per heavy atom. The first kappa shape index (κ1) is 23.2. The molecule has 2 aromatic carbocycles. The Hall–Kier alpha value is -3.99. The Bertz CT molecular complexity index is 1310. The smallest absolute Gasteiger partial charge is 0.328 e. The van der Waals surface area contributed by atoms with Gasteiger partial charge >= 0.3 is 11.7 Å². The molecule has 1 fully saturated rings. The maximum absolute atomic E-state index is 13.1. The second-order valence-corrected chi connectivity index (χ2v) is 7.97. The first-order valence-corrected chi connectivity index (χ1v) is 10.9. The van der Waals surface area contributed by atoms with Gasteiger partial charge in [0.05, 0.1) is 36.5 Å². The number of methoxy groups -OCH3 is 2. The summed E-state index contributed by atoms with van der Waals surface area (Å²) in [6.45, 7) is 4.00. The Morgan fingerprint density at radius 3 is 2.41 bits per heavy atom. The van der Waals surface area contributed by atoms with E-state index in [0.29, 0.717) is 12.1 Å². The fourth-order valence-electron chi connectivity index (χ4n) is 4.23. The molecule has 3 aromatic rings. The number of urea groups is 1. The highest BCUT2D eigenvalue weighted by atomic mass is 16.5. The van der Waals surface area contributed by atoms with Gasteiger partial charge in [-0.15, -0.1) is 0 Å². The number of piperazine rings is 1. The number of aromatic nitrogens is 2. The summed E-state index contributed by atoms with van der Waals surface area (Å²) >= 11 is 0. The monoisotopic (exact) mass is 468 g/mol. The van der Waals surface area contributed by atoms with Gasteiger partial charge in [-0.3, -0.25) is 14.3 Å². The standard InChI is InChI=1S/C23H28N6O5/c1-33-19-6-4-3-5-18(19)28-10-7-27(8-11-28)9-12-29-21(30)15-13-17(25-22(24)31)20(34-2)14-16(15)26-23(29)32/h3-6,13-14H,7-12H2,1-2H3,(H,26,32)(H3,24,25,31). The highest BCUT2D eigenvalue weighted by molar-refractivity contribution is 5.94. The van der Waals surface area contributed by atoms with E-state index in [1.54, 1.807) is 7.11 Å². The van der Waals surface area contributed by atoms with Gasteiger partial charge in [0.1, 0.15) is 11.5 Å². The third kappa shape index (κ3) is 4.69. The molecule has 0 saturated carbocycles. The second kappa shape index (κ2) is 9.87. The highest BCUT2D eigenvalue weighted by Gasteiger charge is 2.20. The molecule has 0 bridgehead atoms. The average molecular weight is 469 g/mol. The number of hydrogen-bond donors (Lipinski definition) is 3. The number of fused-ring (bicyclic) bond motifs is 1. The van der Waals surface area contributed by atoms with Gasteiger partial charge in [-0.2, -0.15) is 0 Å². The van der Waals surface area contributed by atoms with Crippen molar-refractivity contribution < 1.29 is 14.3 Å². The van der Waals surface area contributed by atoms with Gasteiger partial charge in [0.25, 0.3) is 5.56 Å². The number of nitrogens with zero attached hydrogens (tertiary/aromatic N) is 3. The number of carbonyl (C=O) groups is 1. The quantitative estimate of drug-likeness (QED) is 0.471. The van der Waals surface area contributed by atoms with Crippen molar-refractivity contribution in [1.29, 1.82) is 0 Å². The number of nitrogens with one attached hydrogen (secondary N) is 2. The number of nitrogens with two attached hydrogens (primary N) is 1. The van der Waals surface area contributed by atoms with E-state index < -0.39 is 17.3 Å². The van der Waals surface area contributed by atoms with E-state index in [1.807, 2.05) is 24.3 Å². The number of carbonyl (C=O) groups excluding carboxylic acids is 1. The molecule has 0 unspecified atom stereocenters. The van der Waals surface area contributed by atoms with Crippen LogP contribution in [0.15, 0.2) is 46.0 Å². The Balaban J connectivity index is 1.49. The molecule has 1 aromatic heterocycles. The minimum Gasteiger partial charge on any atom is -0.495 e. The SMILES string of the molecule is COc1cc2[nH]c(=O)n(CCN3CCN(c4ccccc4OC)CC3)c(=O)c2cc1NC(N)=O. The van der Waals surface area contributed by atoms with Crippen molar-refractivity contribution in [3.05, 3.63) is 57.2 Å². The van der Waals surface area contributed by atoms with Crippen LogP contribution in [-0.2, 0) is 6.54 Å². The zero-order valence-corrected chi connectivity index (χ0v) is 19.2. The van der Waals surface area contributed by atoms with Crippen molar-refractivity contribution in [2.24, 2.45) is 5.73 Å². The van der Waals surface area contributed by atoms with Crippen molar-refractivity contribution in [1.82, 2.24) is 14.5 Å². The van der Waals surface area contributed by atoms with Crippen LogP contribution in [0.5, 0.6) is 11.5 Å². The molecule has 1 aliphatic heterocycles. The number of hydrogen-bond acceptors (Lipinski definition) is 7. The molecule has 4 N–H and O–H groups in total. The number of H-pyrrole nitrogens is 1. The molecule has 180 valence electrons. The van der Waals surface area contributed by atoms with Gasteiger partial charge < -0.3 is 30.4 Å². The topological polar surface area (TPSA) is 135 Å². The van der Waals surface area contributed by atoms with E-state index >= 15 is 0 Å². The van der Waals surface area contributed by atoms with Crippen molar-refractivity contribution in [2.45, 2.75) is 6.54 Å². The van der Waals surface area contributed by atoms with Crippen LogP contribution in [0.3, 0.4) is 0 Å². The van der Waals surface area contributed by atoms with Crippen LogP contribution in [-0.4, -0.2) is 67.4 Å². The minimum absolute atomic E-state index is 0.239. The zero-order valence-electron chi connectivity index (χ0n) is 19.2. The van der Waals surface area contributed by atoms with E-state index in [4.69, 9.17) is 15.2 Å². The first-order chi connectivity index (χ1) is 16.4. The molecule has 2 amide bonds. The van der Waals surface area contributed by atoms with Crippen LogP contribution in [0, 0.1) is 0 Å². The number of para-hydroxylation sites is 2. The molecule has 1 aliphatic rings. The van der Waals surface area contributed by atoms with Crippen molar-refractivity contribution in [2.75, 3.05) is 57.2 Å². The molecule has 0 aliphatic carbocycles. The van der Waals surface area contributed by atoms with Crippen LogP contribution < -0.4 is 36.7 Å². The number of primary amides is 1. The van der Waals surface area contributed by atoms with Gasteiger partial charge in [0, 0.05) is 45.3 Å². The fourth-order valence-corrected chi connectivity index (χ4v) is 4.23. The maximum atomic E-state index is 13.1. The Kier molecular flexibility index (Phi) is 6.73. The maximum Gasteiger partial charge on any atom is 0.328 e. The number of benzene rings is 2. The number of aromatic amines is 1. The van der Waals surface area contributed by atoms with Crippen LogP contribution in [0.25, 0.3) is 10.9 Å². The van der Waals surface area contributed by atoms with Crippen molar-refractivity contribution in [3.8, 4) is 11.5 Å². The van der Waals surface area contributed by atoms with Gasteiger partial charge in [0.2, 0.25) is 0 Å². The lowest BCUT2D eigenvalue weighted by molar-refractivity contribution is 0.245. The zero-order chi connectivity index (χ0) is 24.2. The Labute approximate surface area is 195 Å². The minimum atomic E-state index is -0.783. The summed E-state index contributed by atoms with van der Waals surface area (Å²) in [4.78, 5) is 44.2. The van der Waals surface area contributed by atoms with Gasteiger partial charge in [-0.05, 0) is 18.2 Å². The molecule has 0 radical (unpaired) electrons. The van der Waals surface area contributed by atoms with Crippen LogP contribution in [0.2, 0.25) is 0 Å². The molecular weight excluding hydrogens is 440 g/mol. The number of anilines is 2. The highest BCUT2D eigenvalue weighted by Crippen LogP contribution is 2.29. The van der Waals surface area contributed by atoms with Crippen LogP contribution in [0.4, 0.5) is 16.2 Å². The summed E-state index contributed by atoms with van der Waals surface area (Å²) in [6, 6.07) is 10.1. The van der Waals surface area contributed by atoms with Gasteiger partial charge in [-0.1, -0.05) is 12.1 Å². The summed E-state index contributed by atoms with van der Waals surface area (Å²) < 4.78 is 11.9. The van der Waals surface area contributed by atoms with E-state index in [2.05, 4.69) is 20.1 Å². The number of amides is 2. The number of ether oxygens (including phenoxy) is 2. The summed E-state index contributed by atoms with van der Waals surface area (Å²) in [5, 5.41) is 2.69. The van der Waals surface area contributed by atoms with Gasteiger partial charge in [0.15, 0.2) is 0 Å². The van der Waals surface area contributed by atoms with E-state index in [1.165, 1.54) is 23.8 Å². The molecular formula is C23H28N6O5. The lowest BCUT2D eigenvalue weighted by Crippen LogP contribution is -2.48. The summed E-state index contributed by atoms with van der Waals surface area (Å²) in [5.74, 6) is 1.12. The molecule has 1 saturated heterocycles. The molecule has 11 heteroatoms. The van der Waals surface area contributed by atoms with Gasteiger partial charge in [-0.25, -0.2) is 9.59 Å². The average Bonchev–Trinajstić information content (AvgIpc) is 2.84. The molecule has 0 spiro atoms.